The summed E-state index contributed by atoms with van der Waals surface area (Å²) in [6, 6.07) is 6.17. The zero-order chi connectivity index (χ0) is 26.6. The molecule has 3 aromatic rings. The molecule has 0 unspecified atom stereocenters. The monoisotopic (exact) mass is 537 g/mol. The molecule has 0 spiro atoms. The number of carbonyl (C=O) groups is 1. The Morgan fingerprint density at radius 3 is 2.62 bits per heavy atom. The molecule has 1 aliphatic carbocycles. The second-order valence-corrected chi connectivity index (χ2v) is 10.1. The van der Waals surface area contributed by atoms with Crippen molar-refractivity contribution in [1.29, 1.82) is 0 Å². The molecule has 1 N–H and O–H groups in total. The molecule has 0 atom stereocenters. The van der Waals surface area contributed by atoms with E-state index in [1.807, 2.05) is 18.2 Å². The van der Waals surface area contributed by atoms with Gasteiger partial charge < -0.3 is 29.3 Å². The van der Waals surface area contributed by atoms with Crippen LogP contribution in [-0.2, 0) is 9.53 Å². The van der Waals surface area contributed by atoms with Gasteiger partial charge in [-0.05, 0) is 37.8 Å². The van der Waals surface area contributed by atoms with Gasteiger partial charge in [0.2, 0.25) is 11.8 Å². The molecule has 5 heterocycles. The van der Waals surface area contributed by atoms with Crippen LogP contribution in [-0.4, -0.2) is 95.1 Å². The molecule has 11 nitrogen and oxygen atoms in total. The summed E-state index contributed by atoms with van der Waals surface area (Å²) in [7, 11) is 0. The molecule has 12 heteroatoms. The number of fused-ring (bicyclic) bond motifs is 1. The normalized spacial score (nSPS) is 21.9. The highest BCUT2D eigenvalue weighted by atomic mass is 19.1. The molecule has 2 aliphatic heterocycles. The Hall–Kier alpha value is -3.80. The Balaban J connectivity index is 1.01. The average molecular weight is 538 g/mol. The summed E-state index contributed by atoms with van der Waals surface area (Å²) in [5, 5.41) is 4.31. The van der Waals surface area contributed by atoms with Gasteiger partial charge in [0.25, 0.3) is 5.91 Å². The van der Waals surface area contributed by atoms with Crippen molar-refractivity contribution in [1.82, 2.24) is 24.8 Å². The highest BCUT2D eigenvalue weighted by Gasteiger charge is 2.30. The lowest BCUT2D eigenvalue weighted by Gasteiger charge is -2.34. The summed E-state index contributed by atoms with van der Waals surface area (Å²) in [6.07, 6.45) is 7.58. The molecular formula is C27H32FN7O4. The van der Waals surface area contributed by atoms with E-state index in [1.54, 1.807) is 6.20 Å². The number of hydrogen-bond donors (Lipinski definition) is 1. The second-order valence-electron chi connectivity index (χ2n) is 10.1. The first-order chi connectivity index (χ1) is 19.1. The number of halogens is 1. The van der Waals surface area contributed by atoms with E-state index < -0.39 is 6.17 Å². The number of morpholine rings is 1. The number of carbonyl (C=O) groups excluding carboxylic acids is 1. The third kappa shape index (κ3) is 6.11. The smallest absolute Gasteiger partial charge is 0.260 e. The summed E-state index contributed by atoms with van der Waals surface area (Å²) in [5.74, 6) is 2.18. The number of nitrogens with one attached hydrogen (secondary N) is 1. The second kappa shape index (κ2) is 11.5. The first-order valence-corrected chi connectivity index (χ1v) is 13.5. The first-order valence-electron chi connectivity index (χ1n) is 13.5. The predicted octanol–water partition coefficient (Wildman–Crippen LogP) is 2.62. The molecule has 3 fully saturated rings. The number of rotatable bonds is 8. The predicted molar refractivity (Wildman–Crippen MR) is 142 cm³/mol. The maximum atomic E-state index is 12.9. The van der Waals surface area contributed by atoms with Crippen molar-refractivity contribution in [3.8, 4) is 11.6 Å². The van der Waals surface area contributed by atoms with Crippen molar-refractivity contribution in [3.63, 3.8) is 0 Å². The third-order valence-electron chi connectivity index (χ3n) is 7.35. The van der Waals surface area contributed by atoms with Gasteiger partial charge in [-0.15, -0.1) is 0 Å². The van der Waals surface area contributed by atoms with E-state index in [-0.39, 0.29) is 37.7 Å². The van der Waals surface area contributed by atoms with E-state index in [2.05, 4.69) is 25.2 Å². The maximum Gasteiger partial charge on any atom is 0.260 e. The lowest BCUT2D eigenvalue weighted by Crippen LogP contribution is -2.52. The number of likely N-dealkylation sites (tertiary alicyclic amines) is 1. The minimum absolute atomic E-state index is 0.0622. The van der Waals surface area contributed by atoms with Crippen LogP contribution in [0.2, 0.25) is 0 Å². The SMILES string of the molecule is O=C(COc1cnc(N[C@H]2CC[C@@H](Oc3nc(N4CCOCC4)cc4ncccc34)CC2)nc1)N1CC(F)C1. The highest BCUT2D eigenvalue weighted by Crippen LogP contribution is 2.31. The largest absolute Gasteiger partial charge is 0.481 e. The summed E-state index contributed by atoms with van der Waals surface area (Å²) in [6.45, 7) is 3.11. The molecule has 206 valence electrons. The minimum atomic E-state index is -0.926. The Kier molecular flexibility index (Phi) is 7.53. The van der Waals surface area contributed by atoms with Crippen LogP contribution in [0, 0.1) is 0 Å². The first kappa shape index (κ1) is 25.5. The molecule has 6 rings (SSSR count). The lowest BCUT2D eigenvalue weighted by molar-refractivity contribution is -0.140. The van der Waals surface area contributed by atoms with Gasteiger partial charge in [0, 0.05) is 31.4 Å². The molecule has 1 amide bonds. The van der Waals surface area contributed by atoms with Gasteiger partial charge in [0.05, 0.1) is 49.6 Å². The molecule has 2 saturated heterocycles. The maximum absolute atomic E-state index is 12.9. The van der Waals surface area contributed by atoms with Crippen LogP contribution < -0.4 is 19.7 Å². The summed E-state index contributed by atoms with van der Waals surface area (Å²) >= 11 is 0. The number of nitrogens with zero attached hydrogens (tertiary/aromatic N) is 6. The highest BCUT2D eigenvalue weighted by molar-refractivity contribution is 5.85. The zero-order valence-electron chi connectivity index (χ0n) is 21.7. The molecular weight excluding hydrogens is 505 g/mol. The van der Waals surface area contributed by atoms with Crippen molar-refractivity contribution in [3.05, 3.63) is 36.8 Å². The van der Waals surface area contributed by atoms with Gasteiger partial charge >= 0.3 is 0 Å². The quantitative estimate of drug-likeness (QED) is 0.460. The Morgan fingerprint density at radius 2 is 1.87 bits per heavy atom. The van der Waals surface area contributed by atoms with Crippen molar-refractivity contribution in [2.45, 2.75) is 44.0 Å². The molecule has 39 heavy (non-hydrogen) atoms. The Labute approximate surface area is 225 Å². The van der Waals surface area contributed by atoms with Crippen LogP contribution >= 0.6 is 0 Å². The minimum Gasteiger partial charge on any atom is -0.481 e. The fourth-order valence-corrected chi connectivity index (χ4v) is 5.07. The zero-order valence-corrected chi connectivity index (χ0v) is 21.7. The number of alkyl halides is 1. The summed E-state index contributed by atoms with van der Waals surface area (Å²) < 4.78 is 30.3. The van der Waals surface area contributed by atoms with Crippen LogP contribution in [0.4, 0.5) is 16.2 Å². The molecule has 0 bridgehead atoms. The van der Waals surface area contributed by atoms with Gasteiger partial charge in [0.1, 0.15) is 18.1 Å². The average Bonchev–Trinajstić information content (AvgIpc) is 2.96. The number of hydrogen-bond acceptors (Lipinski definition) is 10. The Bertz CT molecular complexity index is 1280. The van der Waals surface area contributed by atoms with Crippen molar-refractivity contribution in [2.24, 2.45) is 0 Å². The lowest BCUT2D eigenvalue weighted by atomic mass is 9.93. The van der Waals surface area contributed by atoms with Crippen LogP contribution in [0.5, 0.6) is 11.6 Å². The van der Waals surface area contributed by atoms with Gasteiger partial charge in [-0.2, -0.15) is 4.98 Å². The van der Waals surface area contributed by atoms with Gasteiger partial charge in [-0.1, -0.05) is 0 Å². The fraction of sp³-hybridized carbons (Fsp3) is 0.519. The van der Waals surface area contributed by atoms with Crippen LogP contribution in [0.1, 0.15) is 25.7 Å². The van der Waals surface area contributed by atoms with Gasteiger partial charge in [-0.3, -0.25) is 9.78 Å². The fourth-order valence-electron chi connectivity index (χ4n) is 5.07. The standard InChI is InChI=1S/C27H32FN7O4/c28-18-15-35(16-18)25(36)17-38-21-13-30-27(31-14-21)32-19-3-5-20(6-4-19)39-26-22-2-1-7-29-23(22)12-24(33-26)34-8-10-37-11-9-34/h1-2,7,12-14,18-20H,3-6,8-11,15-17H2,(H,30,31,32)/t19-,20+. The number of anilines is 2. The van der Waals surface area contributed by atoms with Gasteiger partial charge in [0.15, 0.2) is 12.4 Å². The summed E-state index contributed by atoms with van der Waals surface area (Å²) in [5.41, 5.74) is 0.877. The number of aromatic nitrogens is 4. The summed E-state index contributed by atoms with van der Waals surface area (Å²) in [4.78, 5) is 33.6. The van der Waals surface area contributed by atoms with E-state index in [4.69, 9.17) is 19.2 Å². The molecule has 1 saturated carbocycles. The topological polar surface area (TPSA) is 115 Å². The number of pyridine rings is 2. The molecule has 3 aliphatic rings. The Morgan fingerprint density at radius 1 is 1.10 bits per heavy atom. The van der Waals surface area contributed by atoms with E-state index in [1.165, 1.54) is 17.3 Å². The molecule has 0 radical (unpaired) electrons. The van der Waals surface area contributed by atoms with E-state index in [0.717, 1.165) is 55.5 Å². The van der Waals surface area contributed by atoms with E-state index in [9.17, 15) is 9.18 Å². The molecule has 0 aromatic carbocycles. The van der Waals surface area contributed by atoms with Crippen LogP contribution in [0.25, 0.3) is 10.9 Å². The number of amides is 1. The van der Waals surface area contributed by atoms with E-state index >= 15 is 0 Å². The third-order valence-corrected chi connectivity index (χ3v) is 7.35. The van der Waals surface area contributed by atoms with Crippen molar-refractivity contribution in [2.75, 3.05) is 56.2 Å². The number of ether oxygens (including phenoxy) is 3. The molecule has 3 aromatic heterocycles. The van der Waals surface area contributed by atoms with Crippen LogP contribution in [0.15, 0.2) is 36.8 Å². The van der Waals surface area contributed by atoms with Crippen LogP contribution in [0.3, 0.4) is 0 Å². The van der Waals surface area contributed by atoms with E-state index in [0.29, 0.717) is 30.8 Å². The van der Waals surface area contributed by atoms with Crippen molar-refractivity contribution < 1.29 is 23.4 Å². The van der Waals surface area contributed by atoms with Gasteiger partial charge in [-0.25, -0.2) is 14.4 Å². The van der Waals surface area contributed by atoms with Crippen molar-refractivity contribution >= 4 is 28.6 Å².